The van der Waals surface area contributed by atoms with Gasteiger partial charge in [0.2, 0.25) is 5.91 Å². The third-order valence-electron chi connectivity index (χ3n) is 10.2. The monoisotopic (exact) mass is 792 g/mol. The smallest absolute Gasteiger partial charge is 0.311 e. The van der Waals surface area contributed by atoms with E-state index in [9.17, 15) is 4.79 Å². The Morgan fingerprint density at radius 2 is 1.55 bits per heavy atom. The van der Waals surface area contributed by atoms with Crippen LogP contribution in [0.3, 0.4) is 0 Å². The fourth-order valence-corrected chi connectivity index (χ4v) is 9.21. The first kappa shape index (κ1) is 37.5. The number of halogens is 4. The first-order valence-electron chi connectivity index (χ1n) is 17.3. The molecule has 1 spiro atoms. The van der Waals surface area contributed by atoms with Gasteiger partial charge in [-0.3, -0.25) is 14.5 Å². The highest BCUT2D eigenvalue weighted by Gasteiger charge is 2.69. The normalized spacial score (nSPS) is 23.2. The van der Waals surface area contributed by atoms with Crippen molar-refractivity contribution in [3.8, 4) is 0 Å². The molecule has 0 saturated carbocycles. The third kappa shape index (κ3) is 6.88. The summed E-state index contributed by atoms with van der Waals surface area (Å²) in [4.78, 5) is 31.4. The molecule has 2 aliphatic rings. The number of carbonyl (C=O) groups excluding carboxylic acids is 2. The number of benzene rings is 4. The molecule has 2 aliphatic heterocycles. The van der Waals surface area contributed by atoms with Crippen LogP contribution >= 0.6 is 39.1 Å². The number of hydrogen-bond donors (Lipinski definition) is 1. The number of alkyl halides is 1. The fraction of sp³-hybridized carbons (Fsp3) is 0.381. The van der Waals surface area contributed by atoms with Crippen LogP contribution in [0.1, 0.15) is 88.3 Å². The van der Waals surface area contributed by atoms with Gasteiger partial charge in [0.15, 0.2) is 0 Å². The summed E-state index contributed by atoms with van der Waals surface area (Å²) in [5, 5.41) is 4.01. The molecule has 268 valence electrons. The molecule has 1 fully saturated rings. The lowest BCUT2D eigenvalue weighted by atomic mass is 9.62. The second-order valence-electron chi connectivity index (χ2n) is 15.9. The van der Waals surface area contributed by atoms with Crippen LogP contribution in [0, 0.1) is 16.6 Å². The number of anilines is 1. The lowest BCUT2D eigenvalue weighted by molar-refractivity contribution is -0.164. The van der Waals surface area contributed by atoms with Crippen LogP contribution < -0.4 is 5.32 Å². The summed E-state index contributed by atoms with van der Waals surface area (Å²) in [6.45, 7) is 12.0. The topological polar surface area (TPSA) is 58.6 Å². The molecule has 4 aromatic carbocycles. The number of fused-ring (bicyclic) bond motifs is 2. The third-order valence-corrected chi connectivity index (χ3v) is 11.4. The van der Waals surface area contributed by atoms with Crippen molar-refractivity contribution in [2.45, 2.75) is 83.5 Å². The Morgan fingerprint density at radius 3 is 2.14 bits per heavy atom. The van der Waals surface area contributed by atoms with Gasteiger partial charge < -0.3 is 10.1 Å². The summed E-state index contributed by atoms with van der Waals surface area (Å²) in [6, 6.07) is 28.6. The SMILES string of the molecule is CC(C)(C)CC1N(C(c2ccccc2)C(OC(=O)C(C)(C)C)c2ccccc2)C(CBr)C(c2cccc(Cl)c2F)C12C(=O)Nc1cc(Cl)ccc12. The van der Waals surface area contributed by atoms with Crippen molar-refractivity contribution in [3.05, 3.63) is 135 Å². The predicted molar refractivity (Wildman–Crippen MR) is 207 cm³/mol. The van der Waals surface area contributed by atoms with Crippen LogP contribution in [0.25, 0.3) is 0 Å². The molecule has 6 rings (SSSR count). The number of rotatable bonds is 8. The van der Waals surface area contributed by atoms with E-state index in [0.29, 0.717) is 28.0 Å². The number of amides is 1. The minimum Gasteiger partial charge on any atom is -0.455 e. The zero-order valence-electron chi connectivity index (χ0n) is 29.7. The summed E-state index contributed by atoms with van der Waals surface area (Å²) < 4.78 is 23.3. The standard InChI is InChI=1S/C42H44BrCl2FN2O3/c1-40(2,3)23-33-42(29-21-20-27(44)22-31(29)47-38(42)49)34(28-18-13-19-30(45)35(28)46)32(24-43)48(33)36(25-14-9-7-10-15-25)37(26-16-11-8-12-17-26)51-39(50)41(4,5)6/h7-22,32-34,36-37H,23-24H2,1-6H3,(H,47,49). The van der Waals surface area contributed by atoms with E-state index in [1.54, 1.807) is 24.3 Å². The Morgan fingerprint density at radius 1 is 0.922 bits per heavy atom. The number of nitrogens with one attached hydrogen (secondary N) is 1. The van der Waals surface area contributed by atoms with Crippen LogP contribution in [-0.2, 0) is 19.7 Å². The van der Waals surface area contributed by atoms with E-state index in [0.717, 1.165) is 16.7 Å². The summed E-state index contributed by atoms with van der Waals surface area (Å²) >= 11 is 16.9. The highest BCUT2D eigenvalue weighted by Crippen LogP contribution is 2.63. The number of ether oxygens (including phenoxy) is 1. The average Bonchev–Trinajstić information content (AvgIpc) is 3.51. The van der Waals surface area contributed by atoms with E-state index in [-0.39, 0.29) is 22.3 Å². The van der Waals surface area contributed by atoms with Crippen molar-refractivity contribution in [1.29, 1.82) is 0 Å². The maximum atomic E-state index is 16.6. The van der Waals surface area contributed by atoms with Crippen molar-refractivity contribution in [2.24, 2.45) is 10.8 Å². The van der Waals surface area contributed by atoms with E-state index >= 15 is 9.18 Å². The zero-order chi connectivity index (χ0) is 36.9. The number of carbonyl (C=O) groups is 2. The van der Waals surface area contributed by atoms with Gasteiger partial charge >= 0.3 is 5.97 Å². The van der Waals surface area contributed by atoms with Crippen LogP contribution in [0.4, 0.5) is 10.1 Å². The summed E-state index contributed by atoms with van der Waals surface area (Å²) in [6.07, 6.45) is -0.249. The van der Waals surface area contributed by atoms with E-state index in [1.807, 2.05) is 87.5 Å². The Balaban J connectivity index is 1.73. The molecule has 0 aromatic heterocycles. The molecular formula is C42H44BrCl2FN2O3. The molecule has 1 N–H and O–H groups in total. The quantitative estimate of drug-likeness (QED) is 0.143. The van der Waals surface area contributed by atoms with Gasteiger partial charge in [-0.25, -0.2) is 4.39 Å². The van der Waals surface area contributed by atoms with Gasteiger partial charge in [-0.15, -0.1) is 0 Å². The summed E-state index contributed by atoms with van der Waals surface area (Å²) in [5.41, 5.74) is 1.02. The first-order valence-corrected chi connectivity index (χ1v) is 19.2. The number of nitrogens with zero attached hydrogens (tertiary/aromatic N) is 1. The minimum absolute atomic E-state index is 0.0163. The molecule has 0 radical (unpaired) electrons. The minimum atomic E-state index is -1.29. The van der Waals surface area contributed by atoms with Crippen molar-refractivity contribution in [2.75, 3.05) is 10.6 Å². The second-order valence-corrected chi connectivity index (χ2v) is 17.4. The molecule has 9 heteroatoms. The van der Waals surface area contributed by atoms with Crippen molar-refractivity contribution < 1.29 is 18.7 Å². The van der Waals surface area contributed by atoms with E-state index in [2.05, 4.69) is 46.9 Å². The number of hydrogen-bond acceptors (Lipinski definition) is 4. The molecular weight excluding hydrogens is 750 g/mol. The Labute approximate surface area is 319 Å². The van der Waals surface area contributed by atoms with Crippen LogP contribution in [0.15, 0.2) is 97.1 Å². The molecule has 1 amide bonds. The van der Waals surface area contributed by atoms with Crippen LogP contribution in [-0.4, -0.2) is 34.2 Å². The van der Waals surface area contributed by atoms with E-state index in [1.165, 1.54) is 6.07 Å². The molecule has 6 unspecified atom stereocenters. The summed E-state index contributed by atoms with van der Waals surface area (Å²) in [5.74, 6) is -1.87. The van der Waals surface area contributed by atoms with Crippen LogP contribution in [0.5, 0.6) is 0 Å². The highest BCUT2D eigenvalue weighted by molar-refractivity contribution is 9.09. The lowest BCUT2D eigenvalue weighted by Crippen LogP contribution is -2.52. The van der Waals surface area contributed by atoms with E-state index < -0.39 is 46.8 Å². The molecule has 2 heterocycles. The largest absolute Gasteiger partial charge is 0.455 e. The first-order chi connectivity index (χ1) is 24.1. The summed E-state index contributed by atoms with van der Waals surface area (Å²) in [7, 11) is 0. The maximum absolute atomic E-state index is 16.6. The van der Waals surface area contributed by atoms with Gasteiger partial charge in [-0.2, -0.15) is 0 Å². The molecule has 6 atom stereocenters. The fourth-order valence-electron chi connectivity index (χ4n) is 8.15. The Bertz CT molecular complexity index is 1910. The average molecular weight is 795 g/mol. The van der Waals surface area contributed by atoms with Gasteiger partial charge in [0.1, 0.15) is 17.3 Å². The van der Waals surface area contributed by atoms with Gasteiger partial charge in [0.25, 0.3) is 0 Å². The zero-order valence-corrected chi connectivity index (χ0v) is 32.8. The van der Waals surface area contributed by atoms with Crippen molar-refractivity contribution in [1.82, 2.24) is 4.90 Å². The van der Waals surface area contributed by atoms with Crippen molar-refractivity contribution >= 4 is 56.7 Å². The van der Waals surface area contributed by atoms with E-state index in [4.69, 9.17) is 27.9 Å². The molecule has 0 aliphatic carbocycles. The van der Waals surface area contributed by atoms with Gasteiger partial charge in [-0.1, -0.05) is 139 Å². The van der Waals surface area contributed by atoms with Crippen LogP contribution in [0.2, 0.25) is 10.0 Å². The molecule has 51 heavy (non-hydrogen) atoms. The Kier molecular flexibility index (Phi) is 10.5. The molecule has 5 nitrogen and oxygen atoms in total. The predicted octanol–water partition coefficient (Wildman–Crippen LogP) is 11.1. The highest BCUT2D eigenvalue weighted by atomic mass is 79.9. The van der Waals surface area contributed by atoms with Gasteiger partial charge in [0.05, 0.1) is 16.5 Å². The van der Waals surface area contributed by atoms with Crippen molar-refractivity contribution in [3.63, 3.8) is 0 Å². The molecule has 0 bridgehead atoms. The lowest BCUT2D eigenvalue weighted by Gasteiger charge is -2.45. The Hall–Kier alpha value is -3.23. The second kappa shape index (κ2) is 14.3. The maximum Gasteiger partial charge on any atom is 0.311 e. The van der Waals surface area contributed by atoms with Gasteiger partial charge in [-0.05, 0) is 73.1 Å². The molecule has 4 aromatic rings. The number of esters is 1. The number of likely N-dealkylation sites (tertiary alicyclic amines) is 1. The molecule has 1 saturated heterocycles. The van der Waals surface area contributed by atoms with Gasteiger partial charge in [0, 0.05) is 34.0 Å².